The Labute approximate surface area is 379 Å². The summed E-state index contributed by atoms with van der Waals surface area (Å²) >= 11 is 4.83. The Bertz CT molecular complexity index is 2430. The lowest BCUT2D eigenvalue weighted by Crippen LogP contribution is -2.27. The molecule has 0 N–H and O–H groups in total. The summed E-state index contributed by atoms with van der Waals surface area (Å²) in [5.74, 6) is -0.343. The van der Waals surface area contributed by atoms with Crippen LogP contribution in [0.3, 0.4) is 0 Å². The second kappa shape index (κ2) is 18.2. The number of unbranched alkanes of at least 4 members (excludes halogenated alkanes) is 3. The van der Waals surface area contributed by atoms with Crippen LogP contribution in [0.2, 0.25) is 0 Å². The van der Waals surface area contributed by atoms with Gasteiger partial charge in [-0.3, -0.25) is 0 Å². The molecule has 308 valence electrons. The number of benzene rings is 4. The van der Waals surface area contributed by atoms with Gasteiger partial charge in [0, 0.05) is 95.0 Å². The summed E-state index contributed by atoms with van der Waals surface area (Å²) in [4.78, 5) is 4.91. The molecule has 0 atom stereocenters. The molecule has 6 nitrogen and oxygen atoms in total. The zero-order valence-corrected chi connectivity index (χ0v) is 40.0. The van der Waals surface area contributed by atoms with E-state index in [1.54, 1.807) is 0 Å². The van der Waals surface area contributed by atoms with Crippen LogP contribution in [-0.2, 0) is 20.9 Å². The Morgan fingerprint density at radius 1 is 0.644 bits per heavy atom. The molecule has 1 aliphatic carbocycles. The van der Waals surface area contributed by atoms with E-state index in [1.807, 2.05) is 0 Å². The lowest BCUT2D eigenvalue weighted by molar-refractivity contribution is 0.460. The van der Waals surface area contributed by atoms with Gasteiger partial charge < -0.3 is 14.4 Å². The van der Waals surface area contributed by atoms with E-state index in [1.165, 1.54) is 65.0 Å². The van der Waals surface area contributed by atoms with E-state index >= 15 is 0 Å². The summed E-state index contributed by atoms with van der Waals surface area (Å²) in [5.41, 5.74) is 13.1. The lowest BCUT2D eigenvalue weighted by atomic mass is 9.83. The van der Waals surface area contributed by atoms with Gasteiger partial charge in [-0.15, -0.1) is 0 Å². The van der Waals surface area contributed by atoms with Crippen LogP contribution in [-0.4, -0.2) is 37.5 Å². The largest absolute Gasteiger partial charge is 0.748 e. The smallest absolute Gasteiger partial charge is 0.218 e. The topological polar surface area (TPSA) is 66.7 Å². The molecule has 2 heterocycles. The van der Waals surface area contributed by atoms with E-state index in [0.29, 0.717) is 19.4 Å². The first-order valence-corrected chi connectivity index (χ1v) is 24.6. The van der Waals surface area contributed by atoms with E-state index in [-0.39, 0.29) is 16.6 Å². The van der Waals surface area contributed by atoms with Crippen LogP contribution < -0.4 is 14.4 Å². The quantitative estimate of drug-likeness (QED) is 0.0578. The summed E-state index contributed by atoms with van der Waals surface area (Å²) in [6, 6.07) is 34.9. The first-order valence-electron chi connectivity index (χ1n) is 20.9. The van der Waals surface area contributed by atoms with Crippen molar-refractivity contribution in [3.05, 3.63) is 162 Å². The average Bonchev–Trinajstić information content (AvgIpc) is 3.76. The fourth-order valence-corrected chi connectivity index (χ4v) is 10.6. The SMILES string of the molecule is CCCCCN1/C(=C/C=C2\CC/C(=C\C=C3\N(CCCCS(=O)(=O)[O-])c4ccc(I)cc4C3(C)C)C2=[N+](c2ccccc2)c2ccccc2)C(C)(C)c2cc(I)ccc21. The molecule has 0 saturated heterocycles. The molecule has 0 spiro atoms. The fourth-order valence-electron chi connectivity index (χ4n) is 9.09. The summed E-state index contributed by atoms with van der Waals surface area (Å²) in [7, 11) is -4.26. The van der Waals surface area contributed by atoms with E-state index in [4.69, 9.17) is 0 Å². The zero-order chi connectivity index (χ0) is 42.0. The maximum absolute atomic E-state index is 11.5. The summed E-state index contributed by atoms with van der Waals surface area (Å²) in [6.07, 6.45) is 15.7. The molecule has 9 heteroatoms. The highest BCUT2D eigenvalue weighted by Crippen LogP contribution is 2.50. The van der Waals surface area contributed by atoms with Crippen molar-refractivity contribution >= 4 is 83.8 Å². The maximum atomic E-state index is 11.5. The normalized spacial score (nSPS) is 19.7. The number of nitrogens with zero attached hydrogens (tertiary/aromatic N) is 3. The van der Waals surface area contributed by atoms with E-state index in [0.717, 1.165) is 42.9 Å². The van der Waals surface area contributed by atoms with Gasteiger partial charge in [0.2, 0.25) is 17.1 Å². The Morgan fingerprint density at radius 3 is 1.51 bits per heavy atom. The Hall–Kier alpha value is -3.52. The predicted octanol–water partition coefficient (Wildman–Crippen LogP) is 12.7. The number of anilines is 2. The molecule has 0 amide bonds. The molecule has 1 saturated carbocycles. The third-order valence-corrected chi connectivity index (χ3v) is 14.3. The van der Waals surface area contributed by atoms with Crippen molar-refractivity contribution < 1.29 is 13.0 Å². The molecular formula is C50H55I2N3O3S. The number of para-hydroxylation sites is 2. The number of allylic oxidation sites excluding steroid dienone is 8. The van der Waals surface area contributed by atoms with Crippen molar-refractivity contribution in [2.24, 2.45) is 0 Å². The monoisotopic (exact) mass is 1030 g/mol. The van der Waals surface area contributed by atoms with E-state index in [2.05, 4.69) is 216 Å². The molecule has 3 aliphatic rings. The minimum atomic E-state index is -4.26. The summed E-state index contributed by atoms with van der Waals surface area (Å²) in [6.45, 7) is 13.2. The Morgan fingerprint density at radius 2 is 1.08 bits per heavy atom. The van der Waals surface area contributed by atoms with Crippen LogP contribution in [0.4, 0.5) is 22.7 Å². The number of halogens is 2. The second-order valence-corrected chi connectivity index (χ2v) is 20.9. The molecule has 4 aromatic rings. The number of rotatable bonds is 13. The molecule has 4 aromatic carbocycles. The van der Waals surface area contributed by atoms with Crippen LogP contribution >= 0.6 is 45.2 Å². The molecule has 0 aromatic heterocycles. The number of hydrogen-bond acceptors (Lipinski definition) is 5. The van der Waals surface area contributed by atoms with E-state index in [9.17, 15) is 13.0 Å². The van der Waals surface area contributed by atoms with Crippen molar-refractivity contribution in [3.63, 3.8) is 0 Å². The molecule has 0 bridgehead atoms. The average molecular weight is 1030 g/mol. The molecule has 2 aliphatic heterocycles. The first kappa shape index (κ1) is 43.6. The molecule has 1 fully saturated rings. The summed E-state index contributed by atoms with van der Waals surface area (Å²) < 4.78 is 39.3. The van der Waals surface area contributed by atoms with Gasteiger partial charge in [0.15, 0.2) is 0 Å². The summed E-state index contributed by atoms with van der Waals surface area (Å²) in [5, 5.41) is 0. The number of fused-ring (bicyclic) bond motifs is 2. The van der Waals surface area contributed by atoms with E-state index < -0.39 is 10.1 Å². The van der Waals surface area contributed by atoms with Crippen molar-refractivity contribution in [2.75, 3.05) is 28.6 Å². The van der Waals surface area contributed by atoms with Gasteiger partial charge in [-0.1, -0.05) is 96.0 Å². The third-order valence-electron chi connectivity index (χ3n) is 12.1. The van der Waals surface area contributed by atoms with Crippen LogP contribution in [0.1, 0.15) is 90.7 Å². The van der Waals surface area contributed by atoms with Crippen molar-refractivity contribution in [1.29, 1.82) is 0 Å². The van der Waals surface area contributed by atoms with Gasteiger partial charge in [-0.25, -0.2) is 8.42 Å². The van der Waals surface area contributed by atoms with Crippen LogP contribution in [0.15, 0.2) is 144 Å². The van der Waals surface area contributed by atoms with Gasteiger partial charge >= 0.3 is 0 Å². The highest BCUT2D eigenvalue weighted by atomic mass is 127. The highest BCUT2D eigenvalue weighted by Gasteiger charge is 2.42. The standard InChI is InChI=1S/C50H55I2N3O3S/c1-6-7-14-31-53-44-27-25-38(51)34-42(44)49(2,3)46(53)29-23-36-21-22-37(48(36)55(40-17-10-8-11-18-40)41-19-12-9-13-20-41)24-30-47-50(4,5)43-35-39(52)26-28-45(43)54(47)32-15-16-33-59(56,57)58/h8-13,17-20,23-30,34-35H,6-7,14-16,21-22,31-33H2,1-5H3. The molecule has 59 heavy (non-hydrogen) atoms. The van der Waals surface area contributed by atoms with Gasteiger partial charge in [-0.05, 0) is 137 Å². The molecule has 7 rings (SSSR count). The maximum Gasteiger partial charge on any atom is 0.218 e. The molecule has 0 radical (unpaired) electrons. The Balaban J connectivity index is 1.38. The van der Waals surface area contributed by atoms with Gasteiger partial charge in [0.25, 0.3) is 0 Å². The van der Waals surface area contributed by atoms with Gasteiger partial charge in [-0.2, -0.15) is 4.58 Å². The van der Waals surface area contributed by atoms with Crippen molar-refractivity contribution in [3.8, 4) is 0 Å². The van der Waals surface area contributed by atoms with Crippen LogP contribution in [0.25, 0.3) is 0 Å². The minimum Gasteiger partial charge on any atom is -0.748 e. The van der Waals surface area contributed by atoms with Gasteiger partial charge in [0.1, 0.15) is 0 Å². The predicted molar refractivity (Wildman–Crippen MR) is 263 cm³/mol. The fraction of sp³-hybridized carbons (Fsp3) is 0.340. The lowest BCUT2D eigenvalue weighted by Gasteiger charge is -2.27. The third kappa shape index (κ3) is 9.38. The van der Waals surface area contributed by atoms with Crippen molar-refractivity contribution in [2.45, 2.75) is 90.4 Å². The van der Waals surface area contributed by atoms with Crippen LogP contribution in [0.5, 0.6) is 0 Å². The first-order chi connectivity index (χ1) is 28.2. The molecule has 0 unspecified atom stereocenters. The minimum absolute atomic E-state index is 0.150. The second-order valence-electron chi connectivity index (χ2n) is 16.9. The Kier molecular flexibility index (Phi) is 13.5. The zero-order valence-electron chi connectivity index (χ0n) is 34.8. The highest BCUT2D eigenvalue weighted by molar-refractivity contribution is 14.1. The van der Waals surface area contributed by atoms with Gasteiger partial charge in [0.05, 0.1) is 10.1 Å². The molecular weight excluding hydrogens is 976 g/mol. The van der Waals surface area contributed by atoms with Crippen molar-refractivity contribution in [1.82, 2.24) is 4.58 Å². The van der Waals surface area contributed by atoms with Crippen LogP contribution in [0, 0.1) is 7.14 Å². The number of hydrogen-bond donors (Lipinski definition) is 0.